The zero-order valence-electron chi connectivity index (χ0n) is 10.0. The summed E-state index contributed by atoms with van der Waals surface area (Å²) in [4.78, 5) is 0. The monoisotopic (exact) mass is 297 g/mol. The van der Waals surface area contributed by atoms with Crippen molar-refractivity contribution < 1.29 is 8.42 Å². The Morgan fingerprint density at radius 3 is 2.37 bits per heavy atom. The summed E-state index contributed by atoms with van der Waals surface area (Å²) < 4.78 is 24.8. The molecule has 0 aliphatic heterocycles. The van der Waals surface area contributed by atoms with Gasteiger partial charge in [-0.25, -0.2) is 8.42 Å². The zero-order chi connectivity index (χ0) is 13.5. The van der Waals surface area contributed by atoms with Gasteiger partial charge < -0.3 is 0 Å². The molecule has 1 aromatic carbocycles. The predicted octanol–water partition coefficient (Wildman–Crippen LogP) is 2.46. The molecule has 5 nitrogen and oxygen atoms in total. The van der Waals surface area contributed by atoms with E-state index in [1.165, 1.54) is 0 Å². The van der Waals surface area contributed by atoms with Gasteiger partial charge in [-0.1, -0.05) is 24.6 Å². The maximum Gasteiger partial charge on any atom is 0.297 e. The van der Waals surface area contributed by atoms with E-state index in [0.717, 1.165) is 19.3 Å². The number of rotatable bonds is 3. The first-order valence-corrected chi connectivity index (χ1v) is 8.33. The number of halogens is 1. The molecule has 100 valence electrons. The molecule has 0 spiro atoms. The van der Waals surface area contributed by atoms with Gasteiger partial charge in [-0.3, -0.25) is 4.57 Å². The van der Waals surface area contributed by atoms with Gasteiger partial charge in [-0.15, -0.1) is 10.2 Å². The smallest absolute Gasteiger partial charge is 0.269 e. The van der Waals surface area contributed by atoms with Crippen LogP contribution in [0, 0.1) is 0 Å². The summed E-state index contributed by atoms with van der Waals surface area (Å²) >= 11 is 0. The number of aromatic nitrogens is 3. The van der Waals surface area contributed by atoms with Gasteiger partial charge in [-0.05, 0) is 25.0 Å². The van der Waals surface area contributed by atoms with Crippen molar-refractivity contribution in [3.05, 3.63) is 36.2 Å². The Kier molecular flexibility index (Phi) is 3.06. The predicted molar refractivity (Wildman–Crippen MR) is 71.0 cm³/mol. The van der Waals surface area contributed by atoms with Gasteiger partial charge in [0.15, 0.2) is 0 Å². The highest BCUT2D eigenvalue weighted by molar-refractivity contribution is 8.13. The van der Waals surface area contributed by atoms with Crippen LogP contribution < -0.4 is 0 Å². The van der Waals surface area contributed by atoms with Crippen molar-refractivity contribution in [2.75, 3.05) is 0 Å². The normalized spacial score (nSPS) is 16.3. The molecule has 0 N–H and O–H groups in total. The van der Waals surface area contributed by atoms with E-state index in [-0.39, 0.29) is 11.1 Å². The van der Waals surface area contributed by atoms with E-state index < -0.39 is 9.05 Å². The third-order valence-electron chi connectivity index (χ3n) is 3.36. The molecule has 19 heavy (non-hydrogen) atoms. The number of nitrogens with zero attached hydrogens (tertiary/aromatic N) is 3. The largest absolute Gasteiger partial charge is 0.297 e. The molecular formula is C12H12ClN3O2S. The first-order valence-electron chi connectivity index (χ1n) is 6.03. The van der Waals surface area contributed by atoms with Gasteiger partial charge in [0.1, 0.15) is 5.82 Å². The Hall–Kier alpha value is -1.40. The lowest BCUT2D eigenvalue weighted by molar-refractivity contribution is 0.395. The number of para-hydroxylation sites is 1. The van der Waals surface area contributed by atoms with Crippen molar-refractivity contribution in [1.82, 2.24) is 14.8 Å². The average Bonchev–Trinajstić information content (AvgIpc) is 2.72. The second-order valence-electron chi connectivity index (χ2n) is 4.58. The lowest BCUT2D eigenvalue weighted by Gasteiger charge is -2.25. The summed E-state index contributed by atoms with van der Waals surface area (Å²) in [5, 5.41) is 7.58. The molecule has 0 unspecified atom stereocenters. The van der Waals surface area contributed by atoms with Gasteiger partial charge in [0.2, 0.25) is 0 Å². The molecule has 3 rings (SSSR count). The molecule has 1 saturated carbocycles. The van der Waals surface area contributed by atoms with Crippen LogP contribution in [-0.4, -0.2) is 23.2 Å². The van der Waals surface area contributed by atoms with E-state index in [9.17, 15) is 8.42 Å². The molecule has 0 bridgehead atoms. The minimum atomic E-state index is -3.92. The second-order valence-corrected chi connectivity index (χ2v) is 7.04. The van der Waals surface area contributed by atoms with Gasteiger partial charge in [0.25, 0.3) is 14.2 Å². The average molecular weight is 298 g/mol. The van der Waals surface area contributed by atoms with Gasteiger partial charge in [0, 0.05) is 22.3 Å². The quantitative estimate of drug-likeness (QED) is 0.816. The Balaban J connectivity index is 2.21. The summed E-state index contributed by atoms with van der Waals surface area (Å²) in [5.74, 6) is 0.941. The van der Waals surface area contributed by atoms with Crippen molar-refractivity contribution in [3.8, 4) is 5.69 Å². The molecule has 1 fully saturated rings. The Morgan fingerprint density at radius 1 is 1.16 bits per heavy atom. The van der Waals surface area contributed by atoms with Crippen LogP contribution in [0.5, 0.6) is 0 Å². The van der Waals surface area contributed by atoms with Crippen molar-refractivity contribution in [2.24, 2.45) is 0 Å². The molecule has 0 saturated heterocycles. The van der Waals surface area contributed by atoms with Crippen molar-refractivity contribution >= 4 is 19.7 Å². The number of hydrogen-bond acceptors (Lipinski definition) is 4. The molecule has 2 aromatic rings. The number of hydrogen-bond donors (Lipinski definition) is 0. The van der Waals surface area contributed by atoms with Gasteiger partial charge in [-0.2, -0.15) is 0 Å². The van der Waals surface area contributed by atoms with E-state index >= 15 is 0 Å². The van der Waals surface area contributed by atoms with E-state index in [2.05, 4.69) is 10.2 Å². The summed E-state index contributed by atoms with van der Waals surface area (Å²) in [6, 6.07) is 9.18. The minimum Gasteiger partial charge on any atom is -0.269 e. The topological polar surface area (TPSA) is 64.8 Å². The molecule has 1 heterocycles. The third kappa shape index (κ3) is 2.26. The zero-order valence-corrected chi connectivity index (χ0v) is 11.6. The fraction of sp³-hybridized carbons (Fsp3) is 0.333. The van der Waals surface area contributed by atoms with Crippen molar-refractivity contribution in [2.45, 2.75) is 30.3 Å². The molecule has 1 aliphatic rings. The third-order valence-corrected chi connectivity index (χ3v) is 4.48. The van der Waals surface area contributed by atoms with Crippen LogP contribution in [0.15, 0.2) is 35.5 Å². The highest BCUT2D eigenvalue weighted by Gasteiger charge is 2.30. The lowest BCUT2D eigenvalue weighted by atomic mass is 9.85. The first kappa shape index (κ1) is 12.6. The molecule has 0 amide bonds. The lowest BCUT2D eigenvalue weighted by Crippen LogP contribution is -2.16. The standard InChI is InChI=1S/C12H12ClN3O2S/c13-19(17,18)12-15-14-11(9-5-4-6-9)16(12)10-7-2-1-3-8-10/h1-3,7-9H,4-6H2. The summed E-state index contributed by atoms with van der Waals surface area (Å²) in [6.07, 6.45) is 3.15. The fourth-order valence-corrected chi connectivity index (χ4v) is 3.04. The summed E-state index contributed by atoms with van der Waals surface area (Å²) in [6.45, 7) is 0. The number of benzene rings is 1. The molecule has 0 atom stereocenters. The van der Waals surface area contributed by atoms with Crippen LogP contribution in [0.2, 0.25) is 0 Å². The Morgan fingerprint density at radius 2 is 1.84 bits per heavy atom. The van der Waals surface area contributed by atoms with Crippen LogP contribution in [0.4, 0.5) is 0 Å². The second kappa shape index (κ2) is 4.61. The summed E-state index contributed by atoms with van der Waals surface area (Å²) in [5.41, 5.74) is 0.716. The van der Waals surface area contributed by atoms with Crippen LogP contribution in [0.25, 0.3) is 5.69 Å². The van der Waals surface area contributed by atoms with Crippen molar-refractivity contribution in [1.29, 1.82) is 0 Å². The maximum absolute atomic E-state index is 11.6. The van der Waals surface area contributed by atoms with Gasteiger partial charge >= 0.3 is 0 Å². The van der Waals surface area contributed by atoms with Crippen LogP contribution in [0.3, 0.4) is 0 Å². The van der Waals surface area contributed by atoms with Crippen LogP contribution >= 0.6 is 10.7 Å². The molecule has 1 aliphatic carbocycles. The SMILES string of the molecule is O=S(=O)(Cl)c1nnc(C2CCC2)n1-c1ccccc1. The van der Waals surface area contributed by atoms with Crippen molar-refractivity contribution in [3.63, 3.8) is 0 Å². The van der Waals surface area contributed by atoms with Gasteiger partial charge in [0.05, 0.1) is 0 Å². The Bertz CT molecular complexity index is 693. The van der Waals surface area contributed by atoms with E-state index in [1.807, 2.05) is 30.3 Å². The van der Waals surface area contributed by atoms with E-state index in [1.54, 1.807) is 4.57 Å². The highest BCUT2D eigenvalue weighted by atomic mass is 35.7. The van der Waals surface area contributed by atoms with Crippen LogP contribution in [-0.2, 0) is 9.05 Å². The molecular weight excluding hydrogens is 286 g/mol. The minimum absolute atomic E-state index is 0.206. The molecule has 7 heteroatoms. The first-order chi connectivity index (χ1) is 9.07. The Labute approximate surface area is 115 Å². The molecule has 0 radical (unpaired) electrons. The highest BCUT2D eigenvalue weighted by Crippen LogP contribution is 2.37. The molecule has 1 aromatic heterocycles. The van der Waals surface area contributed by atoms with Crippen LogP contribution in [0.1, 0.15) is 31.0 Å². The maximum atomic E-state index is 11.6. The van der Waals surface area contributed by atoms with E-state index in [4.69, 9.17) is 10.7 Å². The van der Waals surface area contributed by atoms with E-state index in [0.29, 0.717) is 11.5 Å². The summed E-state index contributed by atoms with van der Waals surface area (Å²) in [7, 11) is 1.52. The fourth-order valence-electron chi connectivity index (χ4n) is 2.19.